The number of hydrogen-bond acceptors (Lipinski definition) is 5. The molecule has 1 aromatic heterocycles. The number of halogens is 2. The van der Waals surface area contributed by atoms with E-state index in [1.54, 1.807) is 12.3 Å². The van der Waals surface area contributed by atoms with Crippen molar-refractivity contribution < 1.29 is 24.0 Å². The van der Waals surface area contributed by atoms with E-state index in [0.717, 1.165) is 39.8 Å². The summed E-state index contributed by atoms with van der Waals surface area (Å²) in [7, 11) is 0. The predicted molar refractivity (Wildman–Crippen MR) is 182 cm³/mol. The quantitative estimate of drug-likeness (QED) is 0.114. The fourth-order valence-corrected chi connectivity index (χ4v) is 5.42. The van der Waals surface area contributed by atoms with Crippen molar-refractivity contribution in [1.29, 1.82) is 0 Å². The van der Waals surface area contributed by atoms with Gasteiger partial charge in [0.05, 0.1) is 15.6 Å². The molecule has 0 spiro atoms. The maximum atomic E-state index is 14.2. The van der Waals surface area contributed by atoms with Gasteiger partial charge in [0.25, 0.3) is 11.8 Å². The molecule has 0 aliphatic rings. The highest BCUT2D eigenvalue weighted by molar-refractivity contribution is 6.43. The van der Waals surface area contributed by atoms with E-state index in [4.69, 9.17) is 23.2 Å². The van der Waals surface area contributed by atoms with Gasteiger partial charge in [0.15, 0.2) is 0 Å². The third kappa shape index (κ3) is 9.21. The molecule has 4 rings (SSSR count). The fourth-order valence-electron chi connectivity index (χ4n) is 5.03. The van der Waals surface area contributed by atoms with Gasteiger partial charge in [-0.25, -0.2) is 0 Å². The summed E-state index contributed by atoms with van der Waals surface area (Å²) in [6.45, 7) is 3.53. The van der Waals surface area contributed by atoms with Crippen molar-refractivity contribution in [3.05, 3.63) is 106 Å². The minimum atomic E-state index is -1.25. The zero-order valence-electron chi connectivity index (χ0n) is 26.1. The van der Waals surface area contributed by atoms with Crippen LogP contribution in [0, 0.1) is 0 Å². The first-order valence-corrected chi connectivity index (χ1v) is 16.1. The number of hydrogen-bond donors (Lipinski definition) is 4. The van der Waals surface area contributed by atoms with Crippen molar-refractivity contribution in [2.45, 2.75) is 58.2 Å². The van der Waals surface area contributed by atoms with Crippen molar-refractivity contribution in [2.75, 3.05) is 6.54 Å². The minimum absolute atomic E-state index is 0.00985. The van der Waals surface area contributed by atoms with Gasteiger partial charge in [0, 0.05) is 36.6 Å². The summed E-state index contributed by atoms with van der Waals surface area (Å²) in [6, 6.07) is 18.8. The Hall–Kier alpha value is -4.67. The first kappa shape index (κ1) is 35.2. The number of amides is 5. The number of nitrogens with zero attached hydrogens (tertiary/aromatic N) is 1. The Morgan fingerprint density at radius 3 is 2.34 bits per heavy atom. The largest absolute Gasteiger partial charge is 0.361 e. The Morgan fingerprint density at radius 2 is 1.60 bits per heavy atom. The number of unbranched alkanes of at least 4 members (excludes halogenated alkanes) is 2. The number of carbonyl (C=O) groups is 5. The number of benzene rings is 3. The summed E-state index contributed by atoms with van der Waals surface area (Å²) in [5.41, 5.74) is 2.42. The average Bonchev–Trinajstić information content (AvgIpc) is 3.48. The lowest BCUT2D eigenvalue weighted by Crippen LogP contribution is -2.57. The standard InChI is InChI=1S/C35H37Cl2N5O5/c1-3-4-10-18-42(35(47)33(45)39-20-23-12-6-5-7-13-23)34(46)29(19-24-21-38-28-17-9-8-14-25(24)28)41-31(43)22(2)40-32(44)26-15-11-16-27(36)30(26)37/h5-9,11-17,21-22,29,38H,3-4,10,18-20H2,1-2H3,(H,39,45)(H,40,44)(H,41,43)/t22-,29-/m0/s1. The van der Waals surface area contributed by atoms with E-state index in [1.807, 2.05) is 61.5 Å². The highest BCUT2D eigenvalue weighted by Crippen LogP contribution is 2.25. The van der Waals surface area contributed by atoms with Crippen LogP contribution in [0.3, 0.4) is 0 Å². The zero-order chi connectivity index (χ0) is 33.9. The van der Waals surface area contributed by atoms with Crippen molar-refractivity contribution in [2.24, 2.45) is 0 Å². The number of fused-ring (bicyclic) bond motifs is 1. The molecule has 0 aliphatic heterocycles. The Labute approximate surface area is 283 Å². The summed E-state index contributed by atoms with van der Waals surface area (Å²) in [6.07, 6.45) is 3.76. The van der Waals surface area contributed by atoms with Crippen molar-refractivity contribution in [1.82, 2.24) is 25.8 Å². The van der Waals surface area contributed by atoms with Gasteiger partial charge in [0.2, 0.25) is 5.91 Å². The van der Waals surface area contributed by atoms with Gasteiger partial charge in [-0.15, -0.1) is 0 Å². The van der Waals surface area contributed by atoms with E-state index in [0.29, 0.717) is 6.42 Å². The molecule has 246 valence electrons. The molecular formula is C35H37Cl2N5O5. The highest BCUT2D eigenvalue weighted by atomic mass is 35.5. The van der Waals surface area contributed by atoms with Gasteiger partial charge in [0.1, 0.15) is 12.1 Å². The third-order valence-corrected chi connectivity index (χ3v) is 8.46. The van der Waals surface area contributed by atoms with E-state index in [2.05, 4.69) is 20.9 Å². The van der Waals surface area contributed by atoms with Crippen LogP contribution in [0.15, 0.2) is 79.0 Å². The lowest BCUT2D eigenvalue weighted by atomic mass is 10.0. The first-order valence-electron chi connectivity index (χ1n) is 15.4. The van der Waals surface area contributed by atoms with E-state index in [-0.39, 0.29) is 35.1 Å². The van der Waals surface area contributed by atoms with Crippen LogP contribution in [0.5, 0.6) is 0 Å². The molecule has 10 nitrogen and oxygen atoms in total. The van der Waals surface area contributed by atoms with Crippen LogP contribution >= 0.6 is 23.2 Å². The second kappa shape index (κ2) is 16.8. The predicted octanol–water partition coefficient (Wildman–Crippen LogP) is 5.18. The summed E-state index contributed by atoms with van der Waals surface area (Å²) in [5, 5.41) is 8.96. The average molecular weight is 679 g/mol. The summed E-state index contributed by atoms with van der Waals surface area (Å²) in [5.74, 6) is -4.00. The molecule has 0 saturated carbocycles. The molecule has 0 saturated heterocycles. The molecule has 5 amide bonds. The molecule has 3 aromatic carbocycles. The minimum Gasteiger partial charge on any atom is -0.361 e. The van der Waals surface area contributed by atoms with Crippen LogP contribution in [0.2, 0.25) is 10.0 Å². The van der Waals surface area contributed by atoms with Crippen LogP contribution in [0.4, 0.5) is 0 Å². The molecule has 0 radical (unpaired) electrons. The van der Waals surface area contributed by atoms with E-state index < -0.39 is 41.6 Å². The normalized spacial score (nSPS) is 12.2. The fraction of sp³-hybridized carbons (Fsp3) is 0.286. The van der Waals surface area contributed by atoms with Crippen LogP contribution in [-0.4, -0.2) is 58.0 Å². The number of rotatable bonds is 13. The molecule has 2 atom stereocenters. The topological polar surface area (TPSA) is 140 Å². The Morgan fingerprint density at radius 1 is 0.872 bits per heavy atom. The van der Waals surface area contributed by atoms with Gasteiger partial charge < -0.3 is 20.9 Å². The number of H-pyrrole nitrogens is 1. The van der Waals surface area contributed by atoms with Gasteiger partial charge in [-0.3, -0.25) is 28.9 Å². The smallest absolute Gasteiger partial charge is 0.318 e. The Kier molecular flexibility index (Phi) is 12.5. The summed E-state index contributed by atoms with van der Waals surface area (Å²) >= 11 is 12.2. The lowest BCUT2D eigenvalue weighted by molar-refractivity contribution is -0.154. The summed E-state index contributed by atoms with van der Waals surface area (Å²) < 4.78 is 0. The number of aromatic amines is 1. The SMILES string of the molecule is CCCCCN(C(=O)C(=O)NCc1ccccc1)C(=O)[C@H](Cc1c[nH]c2ccccc12)NC(=O)[C@H](C)NC(=O)c1cccc(Cl)c1Cl. The van der Waals surface area contributed by atoms with Crippen LogP contribution in [-0.2, 0) is 32.1 Å². The van der Waals surface area contributed by atoms with Gasteiger partial charge in [-0.1, -0.05) is 97.6 Å². The number of nitrogens with one attached hydrogen (secondary N) is 4. The maximum Gasteiger partial charge on any atom is 0.318 e. The van der Waals surface area contributed by atoms with Crippen LogP contribution in [0.1, 0.15) is 54.6 Å². The second-order valence-electron chi connectivity index (χ2n) is 11.1. The number of para-hydroxylation sites is 1. The van der Waals surface area contributed by atoms with E-state index >= 15 is 0 Å². The van der Waals surface area contributed by atoms with Crippen molar-refractivity contribution in [3.63, 3.8) is 0 Å². The zero-order valence-corrected chi connectivity index (χ0v) is 27.7. The molecule has 0 unspecified atom stereocenters. The van der Waals surface area contributed by atoms with Gasteiger partial charge >= 0.3 is 11.8 Å². The third-order valence-electron chi connectivity index (χ3n) is 7.64. The van der Waals surface area contributed by atoms with Crippen molar-refractivity contribution >= 4 is 63.6 Å². The number of imide groups is 1. The molecule has 4 aromatic rings. The number of carbonyl (C=O) groups excluding carboxylic acids is 5. The monoisotopic (exact) mass is 677 g/mol. The van der Waals surface area contributed by atoms with E-state index in [1.165, 1.54) is 19.1 Å². The lowest BCUT2D eigenvalue weighted by Gasteiger charge is -2.27. The second-order valence-corrected chi connectivity index (χ2v) is 11.9. The van der Waals surface area contributed by atoms with Gasteiger partial charge in [-0.2, -0.15) is 0 Å². The molecular weight excluding hydrogens is 641 g/mol. The molecule has 0 fully saturated rings. The summed E-state index contributed by atoms with van der Waals surface area (Å²) in [4.78, 5) is 71.2. The molecule has 12 heteroatoms. The highest BCUT2D eigenvalue weighted by Gasteiger charge is 2.34. The number of aromatic nitrogens is 1. The molecule has 1 heterocycles. The maximum absolute atomic E-state index is 14.2. The molecule has 0 bridgehead atoms. The molecule has 47 heavy (non-hydrogen) atoms. The molecule has 0 aliphatic carbocycles. The van der Waals surface area contributed by atoms with Crippen molar-refractivity contribution in [3.8, 4) is 0 Å². The van der Waals surface area contributed by atoms with Gasteiger partial charge in [-0.05, 0) is 42.7 Å². The molecule has 4 N–H and O–H groups in total. The Bertz CT molecular complexity index is 1740. The van der Waals surface area contributed by atoms with Crippen LogP contribution < -0.4 is 16.0 Å². The Balaban J connectivity index is 1.58. The van der Waals surface area contributed by atoms with Crippen LogP contribution in [0.25, 0.3) is 10.9 Å². The first-order chi connectivity index (χ1) is 22.6. The van der Waals surface area contributed by atoms with E-state index in [9.17, 15) is 24.0 Å².